The van der Waals surface area contributed by atoms with Gasteiger partial charge in [-0.3, -0.25) is 0 Å². The van der Waals surface area contributed by atoms with E-state index in [4.69, 9.17) is 11.6 Å². The van der Waals surface area contributed by atoms with Gasteiger partial charge in [0.2, 0.25) is 0 Å². The predicted octanol–water partition coefficient (Wildman–Crippen LogP) is 5.18. The summed E-state index contributed by atoms with van der Waals surface area (Å²) in [6, 6.07) is 16.4. The highest BCUT2D eigenvalue weighted by molar-refractivity contribution is 6.35. The van der Waals surface area contributed by atoms with E-state index < -0.39 is 0 Å². The molecule has 19 heavy (non-hydrogen) atoms. The Kier molecular flexibility index (Phi) is 3.31. The van der Waals surface area contributed by atoms with E-state index in [0.29, 0.717) is 0 Å². The molecule has 1 nitrogen and oxygen atoms in total. The fourth-order valence-electron chi connectivity index (χ4n) is 2.63. The first-order valence-corrected chi connectivity index (χ1v) is 6.78. The lowest BCUT2D eigenvalue weighted by molar-refractivity contribution is 0.834. The normalized spacial score (nSPS) is 12.7. The SMILES string of the molecule is [CH2]C[C@H](c1ccccc1)c1c[nH]c2cccc(Cl)c12. The Morgan fingerprint density at radius 3 is 2.58 bits per heavy atom. The highest BCUT2D eigenvalue weighted by atomic mass is 35.5. The summed E-state index contributed by atoms with van der Waals surface area (Å²) in [6.45, 7) is 4.10. The maximum Gasteiger partial charge on any atom is 0.0502 e. The van der Waals surface area contributed by atoms with Gasteiger partial charge in [-0.25, -0.2) is 0 Å². The van der Waals surface area contributed by atoms with Gasteiger partial charge in [-0.2, -0.15) is 0 Å². The molecule has 2 heteroatoms. The van der Waals surface area contributed by atoms with Crippen LogP contribution in [0.25, 0.3) is 10.9 Å². The molecule has 0 saturated carbocycles. The van der Waals surface area contributed by atoms with Gasteiger partial charge in [0.25, 0.3) is 0 Å². The van der Waals surface area contributed by atoms with Gasteiger partial charge >= 0.3 is 0 Å². The van der Waals surface area contributed by atoms with Crippen LogP contribution in [0.2, 0.25) is 5.02 Å². The van der Waals surface area contributed by atoms with E-state index in [1.807, 2.05) is 18.2 Å². The molecule has 0 spiro atoms. The van der Waals surface area contributed by atoms with Crippen LogP contribution in [0, 0.1) is 6.92 Å². The number of hydrogen-bond acceptors (Lipinski definition) is 0. The maximum atomic E-state index is 6.35. The number of H-pyrrole nitrogens is 1. The van der Waals surface area contributed by atoms with Crippen LogP contribution in [-0.4, -0.2) is 4.98 Å². The second-order valence-corrected chi connectivity index (χ2v) is 5.07. The Morgan fingerprint density at radius 2 is 1.84 bits per heavy atom. The first-order valence-electron chi connectivity index (χ1n) is 6.41. The van der Waals surface area contributed by atoms with Gasteiger partial charge in [-0.05, 0) is 29.7 Å². The second-order valence-electron chi connectivity index (χ2n) is 4.66. The standard InChI is InChI=1S/C17H15ClN/c1-2-13(12-7-4-3-5-8-12)14-11-19-16-10-6-9-15(18)17(14)16/h3-11,13,19H,1-2H2/t13-/m1/s1. The lowest BCUT2D eigenvalue weighted by Gasteiger charge is -2.15. The zero-order valence-electron chi connectivity index (χ0n) is 10.6. The number of fused-ring (bicyclic) bond motifs is 1. The topological polar surface area (TPSA) is 15.8 Å². The van der Waals surface area contributed by atoms with Crippen molar-refractivity contribution in [2.24, 2.45) is 0 Å². The number of aromatic nitrogens is 1. The minimum atomic E-state index is 0.273. The van der Waals surface area contributed by atoms with Gasteiger partial charge < -0.3 is 4.98 Å². The largest absolute Gasteiger partial charge is 0.361 e. The Bertz CT molecular complexity index is 685. The zero-order valence-corrected chi connectivity index (χ0v) is 11.3. The van der Waals surface area contributed by atoms with Crippen molar-refractivity contribution in [3.8, 4) is 0 Å². The molecule has 1 aromatic heterocycles. The average Bonchev–Trinajstić information content (AvgIpc) is 2.86. The lowest BCUT2D eigenvalue weighted by atomic mass is 9.89. The molecule has 0 aliphatic rings. The molecular weight excluding hydrogens is 254 g/mol. The number of rotatable bonds is 3. The van der Waals surface area contributed by atoms with Crippen LogP contribution >= 0.6 is 11.6 Å². The molecule has 1 N–H and O–H groups in total. The van der Waals surface area contributed by atoms with Crippen LogP contribution < -0.4 is 0 Å². The van der Waals surface area contributed by atoms with Crippen LogP contribution in [0.1, 0.15) is 23.5 Å². The van der Waals surface area contributed by atoms with Crippen molar-refractivity contribution in [2.45, 2.75) is 12.3 Å². The zero-order chi connectivity index (χ0) is 13.2. The molecule has 0 aliphatic heterocycles. The Morgan fingerprint density at radius 1 is 1.05 bits per heavy atom. The van der Waals surface area contributed by atoms with Crippen LogP contribution in [0.15, 0.2) is 54.7 Å². The van der Waals surface area contributed by atoms with Crippen molar-refractivity contribution in [1.82, 2.24) is 4.98 Å². The van der Waals surface area contributed by atoms with Gasteiger partial charge in [0.1, 0.15) is 0 Å². The maximum absolute atomic E-state index is 6.35. The Labute approximate surface area is 118 Å². The quantitative estimate of drug-likeness (QED) is 0.674. The highest BCUT2D eigenvalue weighted by Gasteiger charge is 2.17. The lowest BCUT2D eigenvalue weighted by Crippen LogP contribution is -1.98. The van der Waals surface area contributed by atoms with E-state index in [2.05, 4.69) is 48.4 Å². The summed E-state index contributed by atoms with van der Waals surface area (Å²) >= 11 is 6.35. The first-order chi connectivity index (χ1) is 9.31. The summed E-state index contributed by atoms with van der Waals surface area (Å²) in [5, 5.41) is 1.91. The molecule has 0 bridgehead atoms. The van der Waals surface area contributed by atoms with E-state index in [9.17, 15) is 0 Å². The van der Waals surface area contributed by atoms with Crippen molar-refractivity contribution < 1.29 is 0 Å². The molecule has 3 aromatic rings. The molecular formula is C17H15ClN. The number of halogens is 1. The summed E-state index contributed by atoms with van der Waals surface area (Å²) in [5.41, 5.74) is 3.58. The molecule has 3 rings (SSSR count). The van der Waals surface area contributed by atoms with Crippen molar-refractivity contribution in [2.75, 3.05) is 0 Å². The van der Waals surface area contributed by atoms with E-state index >= 15 is 0 Å². The summed E-state index contributed by atoms with van der Waals surface area (Å²) in [5.74, 6) is 0.273. The third-order valence-corrected chi connectivity index (χ3v) is 3.87. The fraction of sp³-hybridized carbons (Fsp3) is 0.118. The predicted molar refractivity (Wildman–Crippen MR) is 81.6 cm³/mol. The molecule has 0 aliphatic carbocycles. The highest BCUT2D eigenvalue weighted by Crippen LogP contribution is 2.36. The molecule has 1 heterocycles. The van der Waals surface area contributed by atoms with Gasteiger partial charge in [0.05, 0.1) is 5.02 Å². The molecule has 0 fully saturated rings. The van der Waals surface area contributed by atoms with Crippen LogP contribution in [-0.2, 0) is 0 Å². The number of hydrogen-bond donors (Lipinski definition) is 1. The van der Waals surface area contributed by atoms with Gasteiger partial charge in [0, 0.05) is 23.0 Å². The summed E-state index contributed by atoms with van der Waals surface area (Å²) < 4.78 is 0. The number of aromatic amines is 1. The minimum absolute atomic E-state index is 0.273. The summed E-state index contributed by atoms with van der Waals surface area (Å²) in [6.07, 6.45) is 2.86. The summed E-state index contributed by atoms with van der Waals surface area (Å²) in [7, 11) is 0. The Hall–Kier alpha value is -1.73. The van der Waals surface area contributed by atoms with Crippen molar-refractivity contribution in [1.29, 1.82) is 0 Å². The fourth-order valence-corrected chi connectivity index (χ4v) is 2.91. The van der Waals surface area contributed by atoms with E-state index in [1.165, 1.54) is 11.1 Å². The van der Waals surface area contributed by atoms with E-state index in [1.54, 1.807) is 0 Å². The van der Waals surface area contributed by atoms with Crippen molar-refractivity contribution >= 4 is 22.5 Å². The average molecular weight is 269 g/mol. The van der Waals surface area contributed by atoms with Crippen molar-refractivity contribution in [3.05, 3.63) is 77.8 Å². The molecule has 0 amide bonds. The first kappa shape index (κ1) is 12.3. The van der Waals surface area contributed by atoms with Crippen LogP contribution in [0.5, 0.6) is 0 Å². The summed E-state index contributed by atoms with van der Waals surface area (Å²) in [4.78, 5) is 3.30. The number of benzene rings is 2. The monoisotopic (exact) mass is 268 g/mol. The van der Waals surface area contributed by atoms with Crippen LogP contribution in [0.4, 0.5) is 0 Å². The Balaban J connectivity index is 2.17. The molecule has 95 valence electrons. The molecule has 0 unspecified atom stereocenters. The van der Waals surface area contributed by atoms with E-state index in [-0.39, 0.29) is 5.92 Å². The third kappa shape index (κ3) is 2.15. The van der Waals surface area contributed by atoms with Crippen molar-refractivity contribution in [3.63, 3.8) is 0 Å². The smallest absolute Gasteiger partial charge is 0.0502 e. The minimum Gasteiger partial charge on any atom is -0.361 e. The van der Waals surface area contributed by atoms with Gasteiger partial charge in [-0.1, -0.05) is 54.9 Å². The number of nitrogens with one attached hydrogen (secondary N) is 1. The van der Waals surface area contributed by atoms with Gasteiger partial charge in [-0.15, -0.1) is 0 Å². The molecule has 0 saturated heterocycles. The second kappa shape index (κ2) is 5.10. The molecule has 2 aromatic carbocycles. The van der Waals surface area contributed by atoms with Gasteiger partial charge in [0.15, 0.2) is 0 Å². The van der Waals surface area contributed by atoms with E-state index in [0.717, 1.165) is 22.3 Å². The molecule has 1 atom stereocenters. The van der Waals surface area contributed by atoms with Crippen LogP contribution in [0.3, 0.4) is 0 Å². The third-order valence-electron chi connectivity index (χ3n) is 3.55. The molecule has 1 radical (unpaired) electrons.